The summed E-state index contributed by atoms with van der Waals surface area (Å²) in [5.41, 5.74) is 1.55. The first-order valence-electron chi connectivity index (χ1n) is 13.4. The fraction of sp³-hybridized carbons (Fsp3) is 0.290. The van der Waals surface area contributed by atoms with Gasteiger partial charge in [0.25, 0.3) is 5.78 Å². The van der Waals surface area contributed by atoms with E-state index >= 15 is 0 Å². The number of aliphatic hydroxyl groups excluding tert-OH is 1. The summed E-state index contributed by atoms with van der Waals surface area (Å²) in [5.74, 6) is 0.288. The lowest BCUT2D eigenvalue weighted by molar-refractivity contribution is -0.132. The number of rotatable bonds is 10. The van der Waals surface area contributed by atoms with Gasteiger partial charge in [-0.1, -0.05) is 31.3 Å². The Morgan fingerprint density at radius 2 is 1.83 bits per heavy atom. The van der Waals surface area contributed by atoms with E-state index < -0.39 is 17.7 Å². The Labute approximate surface area is 242 Å². The van der Waals surface area contributed by atoms with Crippen LogP contribution in [0, 0.1) is 5.92 Å². The number of anilines is 1. The van der Waals surface area contributed by atoms with Crippen LogP contribution < -0.4 is 19.1 Å². The SMILES string of the molecule is CCOc1cc(C2C(=C(O)c3ccncc3)C(=O)C(=O)N2c2nc3ccc(OC)cc3s2)ccc1OCCC(C)C. The number of carbonyl (C=O) groups is 2. The van der Waals surface area contributed by atoms with Gasteiger partial charge in [0.2, 0.25) is 0 Å². The number of amides is 1. The summed E-state index contributed by atoms with van der Waals surface area (Å²) >= 11 is 1.26. The molecule has 1 amide bonds. The van der Waals surface area contributed by atoms with Crippen molar-refractivity contribution in [3.05, 3.63) is 77.6 Å². The Morgan fingerprint density at radius 1 is 1.05 bits per heavy atom. The number of fused-ring (bicyclic) bond motifs is 1. The molecule has 2 aromatic carbocycles. The third-order valence-electron chi connectivity index (χ3n) is 6.72. The first-order valence-corrected chi connectivity index (χ1v) is 14.2. The molecule has 1 fully saturated rings. The van der Waals surface area contributed by atoms with E-state index in [1.54, 1.807) is 49.6 Å². The number of Topliss-reactive ketones (excluding diaryl/α,β-unsaturated/α-hetero) is 1. The van der Waals surface area contributed by atoms with Crippen LogP contribution in [0.5, 0.6) is 17.2 Å². The second kappa shape index (κ2) is 12.0. The molecule has 10 heteroatoms. The third-order valence-corrected chi connectivity index (χ3v) is 7.74. The lowest BCUT2D eigenvalue weighted by atomic mass is 9.95. The highest BCUT2D eigenvalue weighted by Gasteiger charge is 2.48. The smallest absolute Gasteiger partial charge is 0.301 e. The van der Waals surface area contributed by atoms with Crippen LogP contribution in [-0.4, -0.2) is 47.1 Å². The van der Waals surface area contributed by atoms with Crippen molar-refractivity contribution < 1.29 is 28.9 Å². The quantitative estimate of drug-likeness (QED) is 0.137. The Balaban J connectivity index is 1.66. The van der Waals surface area contributed by atoms with Crippen molar-refractivity contribution in [2.45, 2.75) is 33.2 Å². The van der Waals surface area contributed by atoms with Gasteiger partial charge in [-0.25, -0.2) is 4.98 Å². The van der Waals surface area contributed by atoms with Gasteiger partial charge in [-0.3, -0.25) is 19.5 Å². The van der Waals surface area contributed by atoms with Gasteiger partial charge in [-0.2, -0.15) is 0 Å². The van der Waals surface area contributed by atoms with E-state index in [-0.39, 0.29) is 11.3 Å². The summed E-state index contributed by atoms with van der Waals surface area (Å²) in [7, 11) is 1.58. The normalized spacial score (nSPS) is 16.5. The van der Waals surface area contributed by atoms with E-state index in [0.29, 0.717) is 58.2 Å². The first kappa shape index (κ1) is 28.1. The van der Waals surface area contributed by atoms with E-state index in [2.05, 4.69) is 23.8 Å². The minimum atomic E-state index is -0.963. The van der Waals surface area contributed by atoms with E-state index in [9.17, 15) is 14.7 Å². The minimum Gasteiger partial charge on any atom is -0.507 e. The molecule has 9 nitrogen and oxygen atoms in total. The van der Waals surface area contributed by atoms with E-state index in [4.69, 9.17) is 14.2 Å². The molecular weight excluding hydrogens is 542 g/mol. The van der Waals surface area contributed by atoms with Crippen LogP contribution in [0.4, 0.5) is 5.13 Å². The average molecular weight is 574 g/mol. The summed E-state index contributed by atoms with van der Waals surface area (Å²) < 4.78 is 18.1. The van der Waals surface area contributed by atoms with Gasteiger partial charge in [-0.15, -0.1) is 0 Å². The molecule has 0 radical (unpaired) electrons. The number of ether oxygens (including phenoxy) is 3. The molecule has 1 aliphatic rings. The summed E-state index contributed by atoms with van der Waals surface area (Å²) in [6.45, 7) is 7.03. The molecule has 0 saturated carbocycles. The number of benzene rings is 2. The predicted octanol–water partition coefficient (Wildman–Crippen LogP) is 6.15. The van der Waals surface area contributed by atoms with Crippen LogP contribution in [0.2, 0.25) is 0 Å². The molecule has 0 spiro atoms. The molecule has 1 aliphatic heterocycles. The maximum Gasteiger partial charge on any atom is 0.301 e. The van der Waals surface area contributed by atoms with Crippen molar-refractivity contribution in [3.8, 4) is 17.2 Å². The van der Waals surface area contributed by atoms with Crippen molar-refractivity contribution in [2.75, 3.05) is 25.2 Å². The van der Waals surface area contributed by atoms with Gasteiger partial charge < -0.3 is 19.3 Å². The second-order valence-electron chi connectivity index (χ2n) is 9.91. The standard InChI is InChI=1S/C31H31N3O6S/c1-5-39-24-16-20(6-9-23(24)40-15-12-18(2)3)27-26(28(35)19-10-13-32-14-11-19)29(36)30(37)34(27)31-33-22-8-7-21(38-4)17-25(22)41-31/h6-11,13-14,16-18,27,35H,5,12,15H2,1-4H3. The van der Waals surface area contributed by atoms with Crippen LogP contribution in [0.15, 0.2) is 66.5 Å². The number of ketones is 1. The van der Waals surface area contributed by atoms with Crippen LogP contribution >= 0.6 is 11.3 Å². The van der Waals surface area contributed by atoms with Crippen molar-refractivity contribution in [3.63, 3.8) is 0 Å². The number of methoxy groups -OCH3 is 1. The Kier molecular flexibility index (Phi) is 8.21. The highest BCUT2D eigenvalue weighted by Crippen LogP contribution is 2.46. The predicted molar refractivity (Wildman–Crippen MR) is 158 cm³/mol. The fourth-order valence-electron chi connectivity index (χ4n) is 4.62. The Hall–Kier alpha value is -4.44. The first-order chi connectivity index (χ1) is 19.8. The van der Waals surface area contributed by atoms with Gasteiger partial charge in [0.05, 0.1) is 42.2 Å². The molecule has 1 unspecified atom stereocenters. The second-order valence-corrected chi connectivity index (χ2v) is 10.9. The van der Waals surface area contributed by atoms with Crippen LogP contribution in [-0.2, 0) is 9.59 Å². The highest BCUT2D eigenvalue weighted by atomic mass is 32.1. The van der Waals surface area contributed by atoms with Crippen LogP contribution in [0.1, 0.15) is 44.4 Å². The largest absolute Gasteiger partial charge is 0.507 e. The summed E-state index contributed by atoms with van der Waals surface area (Å²) in [6.07, 6.45) is 3.90. The van der Waals surface area contributed by atoms with Gasteiger partial charge >= 0.3 is 5.91 Å². The topological polar surface area (TPSA) is 111 Å². The van der Waals surface area contributed by atoms with Gasteiger partial charge in [0.1, 0.15) is 11.5 Å². The van der Waals surface area contributed by atoms with Crippen molar-refractivity contribution in [1.29, 1.82) is 0 Å². The zero-order valence-corrected chi connectivity index (χ0v) is 24.1. The number of aliphatic hydroxyl groups is 1. The molecule has 3 heterocycles. The lowest BCUT2D eigenvalue weighted by Gasteiger charge is -2.24. The molecule has 41 heavy (non-hydrogen) atoms. The number of thiazole rings is 1. The molecule has 5 rings (SSSR count). The number of nitrogens with zero attached hydrogens (tertiary/aromatic N) is 3. The monoisotopic (exact) mass is 573 g/mol. The molecule has 0 aliphatic carbocycles. The molecule has 1 saturated heterocycles. The summed E-state index contributed by atoms with van der Waals surface area (Å²) in [4.78, 5) is 37.2. The maximum atomic E-state index is 13.6. The Bertz CT molecular complexity index is 1610. The minimum absolute atomic E-state index is 0.0473. The van der Waals surface area contributed by atoms with Gasteiger partial charge in [-0.05, 0) is 67.3 Å². The average Bonchev–Trinajstić information content (AvgIpc) is 3.51. The number of aromatic nitrogens is 2. The number of hydrogen-bond acceptors (Lipinski definition) is 9. The summed E-state index contributed by atoms with van der Waals surface area (Å²) in [5, 5.41) is 11.7. The van der Waals surface area contributed by atoms with Crippen molar-refractivity contribution >= 4 is 44.1 Å². The molecular formula is C31H31N3O6S. The molecule has 212 valence electrons. The molecule has 4 aromatic rings. The van der Waals surface area contributed by atoms with Crippen LogP contribution in [0.3, 0.4) is 0 Å². The molecule has 0 bridgehead atoms. The Morgan fingerprint density at radius 3 is 2.54 bits per heavy atom. The third kappa shape index (κ3) is 5.60. The van der Waals surface area contributed by atoms with E-state index in [1.165, 1.54) is 28.6 Å². The zero-order chi connectivity index (χ0) is 29.1. The van der Waals surface area contributed by atoms with E-state index in [1.807, 2.05) is 13.0 Å². The van der Waals surface area contributed by atoms with Gasteiger partial charge in [0, 0.05) is 18.0 Å². The highest BCUT2D eigenvalue weighted by molar-refractivity contribution is 7.22. The van der Waals surface area contributed by atoms with Crippen LogP contribution in [0.25, 0.3) is 16.0 Å². The fourth-order valence-corrected chi connectivity index (χ4v) is 5.64. The lowest BCUT2D eigenvalue weighted by Crippen LogP contribution is -2.29. The van der Waals surface area contributed by atoms with E-state index in [0.717, 1.165) is 11.1 Å². The van der Waals surface area contributed by atoms with Crippen molar-refractivity contribution in [2.24, 2.45) is 5.92 Å². The number of hydrogen-bond donors (Lipinski definition) is 1. The van der Waals surface area contributed by atoms with Crippen molar-refractivity contribution in [1.82, 2.24) is 9.97 Å². The number of pyridine rings is 1. The zero-order valence-electron chi connectivity index (χ0n) is 23.3. The summed E-state index contributed by atoms with van der Waals surface area (Å²) in [6, 6.07) is 12.9. The molecule has 1 N–H and O–H groups in total. The van der Waals surface area contributed by atoms with Gasteiger partial charge in [0.15, 0.2) is 16.6 Å². The molecule has 1 atom stereocenters. The molecule has 2 aromatic heterocycles. The number of carbonyl (C=O) groups excluding carboxylic acids is 2. The maximum absolute atomic E-state index is 13.6.